The van der Waals surface area contributed by atoms with E-state index in [9.17, 15) is 0 Å². The maximum Gasteiger partial charge on any atom is 0.0594 e. The lowest BCUT2D eigenvalue weighted by Crippen LogP contribution is -2.61. The summed E-state index contributed by atoms with van der Waals surface area (Å²) in [5.74, 6) is 0. The number of hydrogen-bond donors (Lipinski definition) is 1. The summed E-state index contributed by atoms with van der Waals surface area (Å²) in [5, 5.41) is 0. The van der Waals surface area contributed by atoms with Crippen LogP contribution in [0.25, 0.3) is 0 Å². The molecule has 2 unspecified atom stereocenters. The standard InChI is InChI=1S/C15H28N2O/c1-3-15(2,17-9-11-18-12-10-17)14(16)13-7-5-4-6-8-13/h7,14H,3-6,8-12,16H2,1-2H3. The predicted molar refractivity (Wildman–Crippen MR) is 75.6 cm³/mol. The van der Waals surface area contributed by atoms with Gasteiger partial charge in [-0.05, 0) is 39.0 Å². The van der Waals surface area contributed by atoms with Gasteiger partial charge in [-0.1, -0.05) is 18.6 Å². The molecule has 0 saturated carbocycles. The van der Waals surface area contributed by atoms with Crippen LogP contribution in [0.2, 0.25) is 0 Å². The fourth-order valence-corrected chi connectivity index (χ4v) is 3.26. The van der Waals surface area contributed by atoms with E-state index in [1.807, 2.05) is 0 Å². The Balaban J connectivity index is 2.11. The molecule has 2 aliphatic rings. The summed E-state index contributed by atoms with van der Waals surface area (Å²) in [6.07, 6.45) is 8.54. The first-order valence-corrected chi connectivity index (χ1v) is 7.46. The minimum Gasteiger partial charge on any atom is -0.379 e. The molecule has 3 heteroatoms. The number of nitrogens with two attached hydrogens (primary N) is 1. The van der Waals surface area contributed by atoms with Gasteiger partial charge >= 0.3 is 0 Å². The molecule has 2 N–H and O–H groups in total. The molecule has 0 spiro atoms. The van der Waals surface area contributed by atoms with Gasteiger partial charge in [0.25, 0.3) is 0 Å². The molecule has 2 rings (SSSR count). The monoisotopic (exact) mass is 252 g/mol. The van der Waals surface area contributed by atoms with Gasteiger partial charge in [-0.15, -0.1) is 0 Å². The van der Waals surface area contributed by atoms with Gasteiger partial charge in [-0.25, -0.2) is 0 Å². The molecule has 0 bridgehead atoms. The Hall–Kier alpha value is -0.380. The molecular formula is C15H28N2O. The quantitative estimate of drug-likeness (QED) is 0.780. The van der Waals surface area contributed by atoms with Gasteiger partial charge < -0.3 is 10.5 Å². The van der Waals surface area contributed by atoms with Crippen molar-refractivity contribution in [1.82, 2.24) is 4.90 Å². The van der Waals surface area contributed by atoms with Crippen molar-refractivity contribution < 1.29 is 4.74 Å². The van der Waals surface area contributed by atoms with E-state index in [1.165, 1.54) is 31.3 Å². The summed E-state index contributed by atoms with van der Waals surface area (Å²) in [7, 11) is 0. The van der Waals surface area contributed by atoms with Crippen LogP contribution in [0.4, 0.5) is 0 Å². The van der Waals surface area contributed by atoms with Gasteiger partial charge in [0.2, 0.25) is 0 Å². The summed E-state index contributed by atoms with van der Waals surface area (Å²) < 4.78 is 5.47. The molecule has 0 radical (unpaired) electrons. The number of hydrogen-bond acceptors (Lipinski definition) is 3. The molecule has 1 fully saturated rings. The summed E-state index contributed by atoms with van der Waals surface area (Å²) >= 11 is 0. The van der Waals surface area contributed by atoms with Crippen LogP contribution >= 0.6 is 0 Å². The van der Waals surface area contributed by atoms with Crippen LogP contribution < -0.4 is 5.73 Å². The van der Waals surface area contributed by atoms with Crippen LogP contribution in [-0.4, -0.2) is 42.8 Å². The molecule has 3 nitrogen and oxygen atoms in total. The largest absolute Gasteiger partial charge is 0.379 e. The molecule has 1 aliphatic carbocycles. The Labute approximate surface area is 111 Å². The number of allylic oxidation sites excluding steroid dienone is 1. The third kappa shape index (κ3) is 2.79. The molecule has 0 aromatic rings. The first-order chi connectivity index (χ1) is 8.68. The highest BCUT2D eigenvalue weighted by Crippen LogP contribution is 2.31. The van der Waals surface area contributed by atoms with Crippen LogP contribution in [0.1, 0.15) is 46.0 Å². The Morgan fingerprint density at radius 3 is 2.67 bits per heavy atom. The molecule has 0 aromatic carbocycles. The zero-order chi connectivity index (χ0) is 13.0. The minimum absolute atomic E-state index is 0.0902. The summed E-state index contributed by atoms with van der Waals surface area (Å²) in [6.45, 7) is 8.33. The SMILES string of the molecule is CCC(C)(C(N)C1=CCCCC1)N1CCOCC1. The lowest BCUT2D eigenvalue weighted by atomic mass is 9.79. The zero-order valence-corrected chi connectivity index (χ0v) is 12.0. The fourth-order valence-electron chi connectivity index (χ4n) is 3.26. The molecule has 18 heavy (non-hydrogen) atoms. The topological polar surface area (TPSA) is 38.5 Å². The average molecular weight is 252 g/mol. The number of ether oxygens (including phenoxy) is 1. The fraction of sp³-hybridized carbons (Fsp3) is 0.867. The third-order valence-electron chi connectivity index (χ3n) is 4.84. The van der Waals surface area contributed by atoms with Crippen LogP contribution in [0.5, 0.6) is 0 Å². The van der Waals surface area contributed by atoms with E-state index in [-0.39, 0.29) is 11.6 Å². The van der Waals surface area contributed by atoms with Crippen LogP contribution in [0.15, 0.2) is 11.6 Å². The Bertz CT molecular complexity index is 297. The maximum absolute atomic E-state index is 6.62. The van der Waals surface area contributed by atoms with E-state index in [0.29, 0.717) is 0 Å². The molecule has 1 heterocycles. The van der Waals surface area contributed by atoms with Crippen molar-refractivity contribution in [2.45, 2.75) is 57.5 Å². The average Bonchev–Trinajstić information content (AvgIpc) is 2.47. The van der Waals surface area contributed by atoms with E-state index in [2.05, 4.69) is 24.8 Å². The first kappa shape index (κ1) is 14.0. The minimum atomic E-state index is 0.0902. The lowest BCUT2D eigenvalue weighted by molar-refractivity contribution is -0.0237. The van der Waals surface area contributed by atoms with E-state index >= 15 is 0 Å². The second-order valence-corrected chi connectivity index (χ2v) is 5.81. The lowest BCUT2D eigenvalue weighted by Gasteiger charge is -2.47. The van der Waals surface area contributed by atoms with Crippen molar-refractivity contribution in [3.63, 3.8) is 0 Å². The third-order valence-corrected chi connectivity index (χ3v) is 4.84. The normalized spacial score (nSPS) is 27.4. The highest BCUT2D eigenvalue weighted by atomic mass is 16.5. The smallest absolute Gasteiger partial charge is 0.0594 e. The van der Waals surface area contributed by atoms with Crippen molar-refractivity contribution in [3.8, 4) is 0 Å². The maximum atomic E-state index is 6.62. The molecule has 0 amide bonds. The van der Waals surface area contributed by atoms with Gasteiger partial charge in [-0.3, -0.25) is 4.90 Å². The predicted octanol–water partition coefficient (Wildman–Crippen LogP) is 2.32. The Morgan fingerprint density at radius 2 is 2.11 bits per heavy atom. The molecule has 1 saturated heterocycles. The molecule has 1 aliphatic heterocycles. The van der Waals surface area contributed by atoms with Gasteiger partial charge in [0, 0.05) is 24.7 Å². The van der Waals surface area contributed by atoms with Crippen LogP contribution in [-0.2, 0) is 4.74 Å². The summed E-state index contributed by atoms with van der Waals surface area (Å²) in [6, 6.07) is 0.181. The number of morpholine rings is 1. The highest BCUT2D eigenvalue weighted by molar-refractivity contribution is 5.19. The summed E-state index contributed by atoms with van der Waals surface area (Å²) in [5.41, 5.74) is 8.19. The zero-order valence-electron chi connectivity index (χ0n) is 12.0. The van der Waals surface area contributed by atoms with Gasteiger partial charge in [0.05, 0.1) is 13.2 Å². The van der Waals surface area contributed by atoms with Crippen LogP contribution in [0, 0.1) is 0 Å². The molecule has 2 atom stereocenters. The summed E-state index contributed by atoms with van der Waals surface area (Å²) in [4.78, 5) is 2.54. The molecule has 0 aromatic heterocycles. The first-order valence-electron chi connectivity index (χ1n) is 7.46. The van der Waals surface area contributed by atoms with Gasteiger partial charge in [0.1, 0.15) is 0 Å². The number of nitrogens with zero attached hydrogens (tertiary/aromatic N) is 1. The van der Waals surface area contributed by atoms with Crippen molar-refractivity contribution in [1.29, 1.82) is 0 Å². The van der Waals surface area contributed by atoms with E-state index in [4.69, 9.17) is 10.5 Å². The second-order valence-electron chi connectivity index (χ2n) is 5.81. The Kier molecular flexibility index (Phi) is 4.82. The molecular weight excluding hydrogens is 224 g/mol. The van der Waals surface area contributed by atoms with Gasteiger partial charge in [-0.2, -0.15) is 0 Å². The van der Waals surface area contributed by atoms with E-state index in [1.54, 1.807) is 0 Å². The van der Waals surface area contributed by atoms with E-state index in [0.717, 1.165) is 32.7 Å². The number of rotatable bonds is 4. The van der Waals surface area contributed by atoms with Crippen molar-refractivity contribution in [3.05, 3.63) is 11.6 Å². The van der Waals surface area contributed by atoms with Crippen molar-refractivity contribution in [2.24, 2.45) is 5.73 Å². The van der Waals surface area contributed by atoms with E-state index < -0.39 is 0 Å². The second kappa shape index (κ2) is 6.18. The molecule has 104 valence electrons. The van der Waals surface area contributed by atoms with Crippen LogP contribution in [0.3, 0.4) is 0 Å². The van der Waals surface area contributed by atoms with Gasteiger partial charge in [0.15, 0.2) is 0 Å². The highest BCUT2D eigenvalue weighted by Gasteiger charge is 2.38. The van der Waals surface area contributed by atoms with Crippen molar-refractivity contribution in [2.75, 3.05) is 26.3 Å². The van der Waals surface area contributed by atoms with Crippen molar-refractivity contribution >= 4 is 0 Å². The Morgan fingerprint density at radius 1 is 1.39 bits per heavy atom.